The fourth-order valence-corrected chi connectivity index (χ4v) is 6.36. The van der Waals surface area contributed by atoms with Gasteiger partial charge < -0.3 is 15.2 Å². The van der Waals surface area contributed by atoms with E-state index in [-0.39, 0.29) is 12.4 Å². The minimum Gasteiger partial charge on any atom is -0.353 e. The standard InChI is InChI=1S/C35H54N6O3/c1-6-7-15-27(31-20-9-8-18-29(31)25(2)3)16-14-17-28(44-33-22-12-13-23-43-33)24-40-35(37-34(36)42)38-39-41(40)32-21-11-10-19-30(32)26(4)5/h8-11,18-21,25-28,33,39H,6-7,12-17,22-24H2,1-5H3,(H3,36,37,38,42). The maximum atomic E-state index is 12.0. The first-order valence-electron chi connectivity index (χ1n) is 16.7. The number of nitrogens with zero attached hydrogens (tertiary/aromatic N) is 3. The predicted molar refractivity (Wildman–Crippen MR) is 178 cm³/mol. The molecule has 1 fully saturated rings. The largest absolute Gasteiger partial charge is 0.353 e. The van der Waals surface area contributed by atoms with Crippen molar-refractivity contribution in [2.24, 2.45) is 10.8 Å². The van der Waals surface area contributed by atoms with Gasteiger partial charge in [-0.15, -0.1) is 5.10 Å². The Balaban J connectivity index is 1.56. The number of nitrogens with one attached hydrogen (secondary N) is 2. The molecule has 44 heavy (non-hydrogen) atoms. The van der Waals surface area contributed by atoms with Crippen molar-refractivity contribution in [3.8, 4) is 0 Å². The highest BCUT2D eigenvalue weighted by Crippen LogP contribution is 2.34. The lowest BCUT2D eigenvalue weighted by Gasteiger charge is -2.36. The molecule has 9 nitrogen and oxygen atoms in total. The van der Waals surface area contributed by atoms with Crippen LogP contribution >= 0.6 is 0 Å². The van der Waals surface area contributed by atoms with Crippen molar-refractivity contribution in [1.29, 1.82) is 0 Å². The number of hydrazine groups is 2. The molecule has 0 aliphatic carbocycles. The lowest BCUT2D eigenvalue weighted by atomic mass is 9.83. The number of urea groups is 1. The van der Waals surface area contributed by atoms with Crippen molar-refractivity contribution < 1.29 is 14.3 Å². The second-order valence-corrected chi connectivity index (χ2v) is 12.7. The second-order valence-electron chi connectivity index (χ2n) is 12.7. The average Bonchev–Trinajstić information content (AvgIpc) is 3.39. The molecule has 0 bridgehead atoms. The second kappa shape index (κ2) is 16.7. The highest BCUT2D eigenvalue weighted by molar-refractivity contribution is 5.96. The monoisotopic (exact) mass is 606 g/mol. The minimum absolute atomic E-state index is 0.154. The number of nitrogens with two attached hydrogens (primary N) is 1. The highest BCUT2D eigenvalue weighted by Gasteiger charge is 2.33. The van der Waals surface area contributed by atoms with Crippen LogP contribution in [0.2, 0.25) is 0 Å². The highest BCUT2D eigenvalue weighted by atomic mass is 16.7. The summed E-state index contributed by atoms with van der Waals surface area (Å²) >= 11 is 0. The van der Waals surface area contributed by atoms with Crippen LogP contribution in [0.3, 0.4) is 0 Å². The van der Waals surface area contributed by atoms with Crippen molar-refractivity contribution in [2.75, 3.05) is 18.3 Å². The molecule has 2 aliphatic heterocycles. The Labute approximate surface area is 264 Å². The third-order valence-corrected chi connectivity index (χ3v) is 8.66. The number of primary amides is 1. The summed E-state index contributed by atoms with van der Waals surface area (Å²) in [6, 6.07) is 16.5. The van der Waals surface area contributed by atoms with Gasteiger partial charge in [-0.2, -0.15) is 10.7 Å². The zero-order valence-electron chi connectivity index (χ0n) is 27.4. The average molecular weight is 607 g/mol. The predicted octanol–water partition coefficient (Wildman–Crippen LogP) is 7.47. The fourth-order valence-electron chi connectivity index (χ4n) is 6.36. The van der Waals surface area contributed by atoms with Gasteiger partial charge in [0.2, 0.25) is 5.96 Å². The van der Waals surface area contributed by atoms with Crippen LogP contribution < -0.4 is 21.7 Å². The molecule has 2 aromatic carbocycles. The first-order valence-corrected chi connectivity index (χ1v) is 16.7. The summed E-state index contributed by atoms with van der Waals surface area (Å²) in [4.78, 5) is 12.0. The van der Waals surface area contributed by atoms with E-state index in [1.54, 1.807) is 0 Å². The van der Waals surface area contributed by atoms with Crippen molar-refractivity contribution in [1.82, 2.24) is 15.9 Å². The molecule has 4 N–H and O–H groups in total. The van der Waals surface area contributed by atoms with Gasteiger partial charge in [0, 0.05) is 6.61 Å². The van der Waals surface area contributed by atoms with E-state index in [0.29, 0.717) is 30.3 Å². The number of guanidine groups is 1. The molecule has 0 saturated carbocycles. The molecule has 2 aliphatic rings. The van der Waals surface area contributed by atoms with Crippen LogP contribution in [0.25, 0.3) is 0 Å². The van der Waals surface area contributed by atoms with Crippen LogP contribution in [0, 0.1) is 0 Å². The molecule has 2 amide bonds. The normalized spacial score (nSPS) is 18.3. The molecular formula is C35H54N6O3. The Morgan fingerprint density at radius 1 is 1.00 bits per heavy atom. The van der Waals surface area contributed by atoms with Crippen LogP contribution in [0.4, 0.5) is 10.5 Å². The van der Waals surface area contributed by atoms with Gasteiger partial charge in [-0.25, -0.2) is 9.80 Å². The molecule has 9 heteroatoms. The number of ether oxygens (including phenoxy) is 2. The lowest BCUT2D eigenvalue weighted by Crippen LogP contribution is -2.55. The van der Waals surface area contributed by atoms with Gasteiger partial charge in [-0.05, 0) is 79.0 Å². The SMILES string of the molecule is CCCCC(CCCC(CN1C(NC(N)=O)=NNN1c1ccccc1C(C)C)OC1CCCCO1)c1ccccc1C(C)C. The molecule has 2 heterocycles. The van der Waals surface area contributed by atoms with E-state index in [1.807, 2.05) is 22.3 Å². The van der Waals surface area contributed by atoms with Gasteiger partial charge in [0.1, 0.15) is 0 Å². The molecule has 2 aromatic rings. The number of hydrogen-bond acceptors (Lipinski definition) is 7. The molecule has 3 atom stereocenters. The summed E-state index contributed by atoms with van der Waals surface area (Å²) in [5, 5.41) is 11.0. The van der Waals surface area contributed by atoms with Crippen LogP contribution in [0.1, 0.15) is 127 Å². The lowest BCUT2D eigenvalue weighted by molar-refractivity contribution is -0.191. The third-order valence-electron chi connectivity index (χ3n) is 8.66. The van der Waals surface area contributed by atoms with Gasteiger partial charge in [0.25, 0.3) is 0 Å². The number of hydrazone groups is 1. The molecule has 0 spiro atoms. The van der Waals surface area contributed by atoms with Gasteiger partial charge in [0.15, 0.2) is 6.29 Å². The minimum atomic E-state index is -0.662. The van der Waals surface area contributed by atoms with Crippen molar-refractivity contribution in [2.45, 2.75) is 123 Å². The maximum absolute atomic E-state index is 12.0. The van der Waals surface area contributed by atoms with E-state index in [1.165, 1.54) is 30.4 Å². The van der Waals surface area contributed by atoms with Crippen LogP contribution in [0.5, 0.6) is 0 Å². The number of amides is 2. The molecular weight excluding hydrogens is 552 g/mol. The summed E-state index contributed by atoms with van der Waals surface area (Å²) in [6.45, 7) is 12.4. The van der Waals surface area contributed by atoms with Crippen molar-refractivity contribution in [3.05, 3.63) is 65.2 Å². The first kappa shape index (κ1) is 33.6. The van der Waals surface area contributed by atoms with E-state index in [2.05, 4.69) is 87.0 Å². The number of anilines is 1. The number of rotatable bonds is 15. The van der Waals surface area contributed by atoms with E-state index in [4.69, 9.17) is 15.2 Å². The van der Waals surface area contributed by atoms with Gasteiger partial charge in [-0.1, -0.05) is 96.3 Å². The van der Waals surface area contributed by atoms with Gasteiger partial charge in [-0.3, -0.25) is 5.32 Å². The zero-order chi connectivity index (χ0) is 31.5. The Hall–Kier alpha value is -3.30. The molecule has 242 valence electrons. The summed E-state index contributed by atoms with van der Waals surface area (Å²) in [5.41, 5.74) is 13.7. The first-order chi connectivity index (χ1) is 21.3. The van der Waals surface area contributed by atoms with E-state index >= 15 is 0 Å². The number of carbonyl (C=O) groups excluding carboxylic acids is 1. The maximum Gasteiger partial charge on any atom is 0.319 e. The number of carbonyl (C=O) groups is 1. The number of benzene rings is 2. The summed E-state index contributed by atoms with van der Waals surface area (Å²) < 4.78 is 12.7. The number of para-hydroxylation sites is 1. The number of hydrogen-bond donors (Lipinski definition) is 3. The van der Waals surface area contributed by atoms with E-state index in [9.17, 15) is 4.79 Å². The van der Waals surface area contributed by atoms with Crippen LogP contribution in [-0.2, 0) is 9.47 Å². The van der Waals surface area contributed by atoms with Crippen LogP contribution in [-0.4, -0.2) is 42.5 Å². The molecule has 4 rings (SSSR count). The van der Waals surface area contributed by atoms with Crippen LogP contribution in [0.15, 0.2) is 53.6 Å². The van der Waals surface area contributed by atoms with Gasteiger partial charge in [0.05, 0.1) is 18.3 Å². The summed E-state index contributed by atoms with van der Waals surface area (Å²) in [7, 11) is 0. The molecule has 3 unspecified atom stereocenters. The fraction of sp³-hybridized carbons (Fsp3) is 0.600. The number of unbranched alkanes of at least 4 members (excludes halogenated alkanes) is 1. The van der Waals surface area contributed by atoms with Crippen molar-refractivity contribution >= 4 is 17.7 Å². The summed E-state index contributed by atoms with van der Waals surface area (Å²) in [5.74, 6) is 1.64. The molecule has 0 radical (unpaired) electrons. The van der Waals surface area contributed by atoms with Gasteiger partial charge >= 0.3 is 6.03 Å². The van der Waals surface area contributed by atoms with E-state index < -0.39 is 6.03 Å². The van der Waals surface area contributed by atoms with E-state index in [0.717, 1.165) is 56.4 Å². The third kappa shape index (κ3) is 9.11. The Morgan fingerprint density at radius 2 is 1.68 bits per heavy atom. The smallest absolute Gasteiger partial charge is 0.319 e. The quantitative estimate of drug-likeness (QED) is 0.194. The van der Waals surface area contributed by atoms with Crippen molar-refractivity contribution in [3.63, 3.8) is 0 Å². The molecule has 0 aromatic heterocycles. The zero-order valence-corrected chi connectivity index (χ0v) is 27.4. The molecule has 1 saturated heterocycles. The Morgan fingerprint density at radius 3 is 2.34 bits per heavy atom. The Bertz CT molecular complexity index is 1210. The Kier molecular flexibility index (Phi) is 12.7. The summed E-state index contributed by atoms with van der Waals surface area (Å²) in [6.07, 6.45) is 9.21. The topological polar surface area (TPSA) is 104 Å².